The Morgan fingerprint density at radius 2 is 2.00 bits per heavy atom. The van der Waals surface area contributed by atoms with E-state index in [4.69, 9.17) is 5.73 Å². The van der Waals surface area contributed by atoms with Crippen molar-refractivity contribution in [1.29, 1.82) is 0 Å². The molecule has 0 radical (unpaired) electrons. The molecule has 0 amide bonds. The summed E-state index contributed by atoms with van der Waals surface area (Å²) in [5.41, 5.74) is 5.06. The van der Waals surface area contributed by atoms with Crippen molar-refractivity contribution in [3.63, 3.8) is 0 Å². The van der Waals surface area contributed by atoms with Crippen LogP contribution in [0, 0.1) is 0 Å². The average Bonchev–Trinajstić information content (AvgIpc) is 2.19. The van der Waals surface area contributed by atoms with Gasteiger partial charge in [-0.05, 0) is 31.2 Å². The van der Waals surface area contributed by atoms with Gasteiger partial charge in [-0.25, -0.2) is 0 Å². The first-order chi connectivity index (χ1) is 7.45. The van der Waals surface area contributed by atoms with Crippen LogP contribution in [-0.2, 0) is 6.18 Å². The SMILES string of the molecule is NCCCNc1ccc(Br)c(C(F)(F)F)c1. The standard InChI is InChI=1S/C10H12BrF3N2/c11-9-3-2-7(16-5-1-4-15)6-8(9)10(12,13)14/h2-3,6,16H,1,4-5,15H2. The van der Waals surface area contributed by atoms with E-state index in [9.17, 15) is 13.2 Å². The Hall–Kier alpha value is -0.750. The van der Waals surface area contributed by atoms with E-state index in [-0.39, 0.29) is 4.47 Å². The van der Waals surface area contributed by atoms with Crippen LogP contribution in [0.5, 0.6) is 0 Å². The number of anilines is 1. The molecule has 16 heavy (non-hydrogen) atoms. The Morgan fingerprint density at radius 3 is 2.56 bits per heavy atom. The summed E-state index contributed by atoms with van der Waals surface area (Å²) in [6.07, 6.45) is -3.62. The summed E-state index contributed by atoms with van der Waals surface area (Å²) in [7, 11) is 0. The first kappa shape index (κ1) is 13.3. The van der Waals surface area contributed by atoms with Crippen molar-refractivity contribution in [1.82, 2.24) is 0 Å². The average molecular weight is 297 g/mol. The lowest BCUT2D eigenvalue weighted by molar-refractivity contribution is -0.138. The molecule has 6 heteroatoms. The summed E-state index contributed by atoms with van der Waals surface area (Å²) >= 11 is 2.88. The summed E-state index contributed by atoms with van der Waals surface area (Å²) in [6.45, 7) is 1.07. The third kappa shape index (κ3) is 3.68. The van der Waals surface area contributed by atoms with Crippen LogP contribution in [0.3, 0.4) is 0 Å². The lowest BCUT2D eigenvalue weighted by Crippen LogP contribution is -2.10. The maximum Gasteiger partial charge on any atom is 0.417 e. The molecule has 0 aliphatic carbocycles. The summed E-state index contributed by atoms with van der Waals surface area (Å²) in [5.74, 6) is 0. The zero-order valence-corrected chi connectivity index (χ0v) is 10.0. The van der Waals surface area contributed by atoms with Crippen molar-refractivity contribution in [2.75, 3.05) is 18.4 Å². The predicted molar refractivity (Wildman–Crippen MR) is 61.3 cm³/mol. The minimum atomic E-state index is -4.34. The summed E-state index contributed by atoms with van der Waals surface area (Å²) in [6, 6.07) is 4.06. The summed E-state index contributed by atoms with van der Waals surface area (Å²) in [5, 5.41) is 2.88. The van der Waals surface area contributed by atoms with Crippen LogP contribution in [0.25, 0.3) is 0 Å². The fourth-order valence-electron chi connectivity index (χ4n) is 1.19. The molecule has 0 atom stereocenters. The number of benzene rings is 1. The number of hydrogen-bond acceptors (Lipinski definition) is 2. The maximum absolute atomic E-state index is 12.5. The van der Waals surface area contributed by atoms with Gasteiger partial charge in [0.05, 0.1) is 5.56 Å². The fourth-order valence-corrected chi connectivity index (χ4v) is 1.66. The van der Waals surface area contributed by atoms with Crippen LogP contribution < -0.4 is 11.1 Å². The van der Waals surface area contributed by atoms with E-state index in [0.717, 1.165) is 12.5 Å². The van der Waals surface area contributed by atoms with Crippen LogP contribution in [0.2, 0.25) is 0 Å². The topological polar surface area (TPSA) is 38.0 Å². The smallest absolute Gasteiger partial charge is 0.385 e. The highest BCUT2D eigenvalue weighted by Gasteiger charge is 2.33. The van der Waals surface area contributed by atoms with Crippen molar-refractivity contribution < 1.29 is 13.2 Å². The molecule has 1 rings (SSSR count). The van der Waals surface area contributed by atoms with E-state index in [0.29, 0.717) is 18.8 Å². The van der Waals surface area contributed by atoms with Gasteiger partial charge in [-0.1, -0.05) is 15.9 Å². The molecule has 0 saturated carbocycles. The van der Waals surface area contributed by atoms with Gasteiger partial charge in [-0.3, -0.25) is 0 Å². The number of halogens is 4. The maximum atomic E-state index is 12.5. The molecule has 0 aliphatic heterocycles. The summed E-state index contributed by atoms with van der Waals surface area (Å²) < 4.78 is 37.7. The largest absolute Gasteiger partial charge is 0.417 e. The van der Waals surface area contributed by atoms with E-state index in [1.807, 2.05) is 0 Å². The quantitative estimate of drug-likeness (QED) is 0.837. The monoisotopic (exact) mass is 296 g/mol. The highest BCUT2D eigenvalue weighted by molar-refractivity contribution is 9.10. The first-order valence-corrected chi connectivity index (χ1v) is 5.55. The van der Waals surface area contributed by atoms with Gasteiger partial charge < -0.3 is 11.1 Å². The molecule has 1 aromatic rings. The molecule has 0 saturated heterocycles. The minimum Gasteiger partial charge on any atom is -0.385 e. The van der Waals surface area contributed by atoms with Gasteiger partial charge >= 0.3 is 6.18 Å². The highest BCUT2D eigenvalue weighted by atomic mass is 79.9. The highest BCUT2D eigenvalue weighted by Crippen LogP contribution is 2.36. The molecular weight excluding hydrogens is 285 g/mol. The van der Waals surface area contributed by atoms with Crippen LogP contribution >= 0.6 is 15.9 Å². The van der Waals surface area contributed by atoms with E-state index in [1.54, 1.807) is 6.07 Å². The van der Waals surface area contributed by atoms with Gasteiger partial charge in [-0.15, -0.1) is 0 Å². The number of alkyl halides is 3. The zero-order chi connectivity index (χ0) is 12.2. The Morgan fingerprint density at radius 1 is 1.31 bits per heavy atom. The number of rotatable bonds is 4. The van der Waals surface area contributed by atoms with Crippen LogP contribution in [0.4, 0.5) is 18.9 Å². The molecule has 0 fully saturated rings. The van der Waals surface area contributed by atoms with E-state index < -0.39 is 11.7 Å². The number of nitrogens with one attached hydrogen (secondary N) is 1. The van der Waals surface area contributed by atoms with E-state index in [2.05, 4.69) is 21.2 Å². The van der Waals surface area contributed by atoms with Crippen LogP contribution in [0.15, 0.2) is 22.7 Å². The van der Waals surface area contributed by atoms with Crippen molar-refractivity contribution in [2.45, 2.75) is 12.6 Å². The van der Waals surface area contributed by atoms with Crippen LogP contribution in [0.1, 0.15) is 12.0 Å². The van der Waals surface area contributed by atoms with Gasteiger partial charge in [0.1, 0.15) is 0 Å². The molecule has 90 valence electrons. The third-order valence-corrected chi connectivity index (χ3v) is 2.67. The van der Waals surface area contributed by atoms with Gasteiger partial charge in [0, 0.05) is 16.7 Å². The Labute approximate surface area is 100 Å². The molecular formula is C10H12BrF3N2. The van der Waals surface area contributed by atoms with Crippen molar-refractivity contribution in [3.05, 3.63) is 28.2 Å². The molecule has 0 unspecified atom stereocenters. The Bertz CT molecular complexity index is 352. The lowest BCUT2D eigenvalue weighted by Gasteiger charge is -2.12. The minimum absolute atomic E-state index is 0.0457. The van der Waals surface area contributed by atoms with Gasteiger partial charge in [0.15, 0.2) is 0 Å². The second-order valence-corrected chi connectivity index (χ2v) is 4.12. The van der Waals surface area contributed by atoms with Crippen LogP contribution in [-0.4, -0.2) is 13.1 Å². The van der Waals surface area contributed by atoms with E-state index >= 15 is 0 Å². The fraction of sp³-hybridized carbons (Fsp3) is 0.400. The van der Waals surface area contributed by atoms with Crippen molar-refractivity contribution in [3.8, 4) is 0 Å². The molecule has 1 aromatic carbocycles. The third-order valence-electron chi connectivity index (χ3n) is 1.98. The van der Waals surface area contributed by atoms with Gasteiger partial charge in [-0.2, -0.15) is 13.2 Å². The van der Waals surface area contributed by atoms with Gasteiger partial charge in [0.2, 0.25) is 0 Å². The van der Waals surface area contributed by atoms with Crippen molar-refractivity contribution in [2.24, 2.45) is 5.73 Å². The predicted octanol–water partition coefficient (Wildman–Crippen LogP) is 3.23. The molecule has 0 bridgehead atoms. The summed E-state index contributed by atoms with van der Waals surface area (Å²) in [4.78, 5) is 0. The molecule has 3 N–H and O–H groups in total. The second-order valence-electron chi connectivity index (χ2n) is 3.26. The van der Waals surface area contributed by atoms with E-state index in [1.165, 1.54) is 6.07 Å². The number of nitrogens with two attached hydrogens (primary N) is 1. The van der Waals surface area contributed by atoms with Gasteiger partial charge in [0.25, 0.3) is 0 Å². The molecule has 0 heterocycles. The number of hydrogen-bond donors (Lipinski definition) is 2. The lowest BCUT2D eigenvalue weighted by atomic mass is 10.2. The molecule has 0 spiro atoms. The molecule has 0 aliphatic rings. The molecule has 0 aromatic heterocycles. The Balaban J connectivity index is 2.82. The normalized spacial score (nSPS) is 11.6. The zero-order valence-electron chi connectivity index (χ0n) is 8.44. The second kappa shape index (κ2) is 5.54. The first-order valence-electron chi connectivity index (χ1n) is 4.76. The Kier molecular flexibility index (Phi) is 4.61. The van der Waals surface area contributed by atoms with Crippen molar-refractivity contribution >= 4 is 21.6 Å². The molecule has 2 nitrogen and oxygen atoms in total.